The molecule has 2 heterocycles. The predicted molar refractivity (Wildman–Crippen MR) is 111 cm³/mol. The number of carbonyl (C=O) groups excluding carboxylic acids is 1. The normalized spacial score (nSPS) is 13.0. The highest BCUT2D eigenvalue weighted by atomic mass is 32.1. The van der Waals surface area contributed by atoms with Gasteiger partial charge in [0.2, 0.25) is 5.96 Å². The molecule has 0 saturated heterocycles. The number of amides is 1. The standard InChI is InChI=1S/C20H21N5OS/c1-11-7-12(2)9-14(8-11)22-20-21-10-13-5-6-15-17(16(13)24-20)27-18(23-15)19(26)25(3)4/h5-9H,10H2,1-4H3,(H2,21,22,24). The van der Waals surface area contributed by atoms with Crippen molar-refractivity contribution in [2.24, 2.45) is 4.99 Å². The van der Waals surface area contributed by atoms with Crippen LogP contribution in [0.2, 0.25) is 0 Å². The Kier molecular flexibility index (Phi) is 4.31. The molecule has 1 aliphatic heterocycles. The maximum absolute atomic E-state index is 12.3. The maximum atomic E-state index is 12.3. The first-order chi connectivity index (χ1) is 12.9. The quantitative estimate of drug-likeness (QED) is 0.710. The molecule has 2 N–H and O–H groups in total. The Morgan fingerprint density at radius 2 is 1.93 bits per heavy atom. The van der Waals surface area contributed by atoms with E-state index in [0.29, 0.717) is 17.5 Å². The average molecular weight is 379 g/mol. The van der Waals surface area contributed by atoms with Crippen molar-refractivity contribution < 1.29 is 4.79 Å². The topological polar surface area (TPSA) is 69.6 Å². The van der Waals surface area contributed by atoms with Crippen LogP contribution < -0.4 is 10.6 Å². The smallest absolute Gasteiger partial charge is 0.282 e. The van der Waals surface area contributed by atoms with Gasteiger partial charge in [0.15, 0.2) is 5.01 Å². The summed E-state index contributed by atoms with van der Waals surface area (Å²) in [4.78, 5) is 23.1. The lowest BCUT2D eigenvalue weighted by molar-refractivity contribution is 0.0827. The lowest BCUT2D eigenvalue weighted by atomic mass is 10.1. The molecule has 0 saturated carbocycles. The fourth-order valence-corrected chi connectivity index (χ4v) is 4.25. The van der Waals surface area contributed by atoms with E-state index in [-0.39, 0.29) is 5.91 Å². The summed E-state index contributed by atoms with van der Waals surface area (Å²) < 4.78 is 0.943. The van der Waals surface area contributed by atoms with E-state index in [2.05, 4.69) is 47.7 Å². The second kappa shape index (κ2) is 6.66. The number of aliphatic imine (C=N–C) groups is 1. The van der Waals surface area contributed by atoms with Crippen molar-refractivity contribution >= 4 is 44.8 Å². The number of carbonyl (C=O) groups is 1. The molecular weight excluding hydrogens is 358 g/mol. The van der Waals surface area contributed by atoms with E-state index in [1.807, 2.05) is 12.1 Å². The van der Waals surface area contributed by atoms with Crippen molar-refractivity contribution in [2.75, 3.05) is 19.4 Å². The summed E-state index contributed by atoms with van der Waals surface area (Å²) in [6.07, 6.45) is 0. The van der Waals surface area contributed by atoms with Gasteiger partial charge in [0.25, 0.3) is 5.91 Å². The van der Waals surface area contributed by atoms with Crippen LogP contribution in [0, 0.1) is 13.8 Å². The summed E-state index contributed by atoms with van der Waals surface area (Å²) >= 11 is 1.40. The van der Waals surface area contributed by atoms with Gasteiger partial charge >= 0.3 is 0 Å². The molecule has 7 heteroatoms. The minimum absolute atomic E-state index is 0.0866. The molecule has 138 valence electrons. The fraction of sp³-hybridized carbons (Fsp3) is 0.250. The molecule has 2 aromatic carbocycles. The van der Waals surface area contributed by atoms with Gasteiger partial charge in [-0.05, 0) is 48.7 Å². The molecule has 4 rings (SSSR count). The number of aryl methyl sites for hydroxylation is 2. The van der Waals surface area contributed by atoms with E-state index in [4.69, 9.17) is 4.99 Å². The molecule has 1 aromatic heterocycles. The van der Waals surface area contributed by atoms with Gasteiger partial charge < -0.3 is 15.5 Å². The number of guanidine groups is 1. The first-order valence-corrected chi connectivity index (χ1v) is 9.54. The molecule has 0 unspecified atom stereocenters. The second-order valence-corrected chi connectivity index (χ2v) is 7.95. The van der Waals surface area contributed by atoms with E-state index >= 15 is 0 Å². The number of anilines is 1. The van der Waals surface area contributed by atoms with Gasteiger partial charge in [-0.25, -0.2) is 9.98 Å². The van der Waals surface area contributed by atoms with Crippen LogP contribution >= 0.6 is 11.3 Å². The Balaban J connectivity index is 1.73. The van der Waals surface area contributed by atoms with Crippen LogP contribution in [0.3, 0.4) is 0 Å². The van der Waals surface area contributed by atoms with Crippen LogP contribution in [0.4, 0.5) is 11.4 Å². The van der Waals surface area contributed by atoms with Crippen LogP contribution in [0.25, 0.3) is 10.2 Å². The van der Waals surface area contributed by atoms with E-state index in [1.54, 1.807) is 19.0 Å². The number of hydrogen-bond donors (Lipinski definition) is 2. The van der Waals surface area contributed by atoms with E-state index in [9.17, 15) is 4.79 Å². The SMILES string of the molecule is Cc1cc(C)cc(NC2=Nc3c(ccc4nc(C(=O)N(C)C)sc34)CN2)c1. The van der Waals surface area contributed by atoms with Crippen molar-refractivity contribution in [3.05, 3.63) is 52.0 Å². The van der Waals surface area contributed by atoms with Crippen LogP contribution in [0.5, 0.6) is 0 Å². The number of fused-ring (bicyclic) bond motifs is 3. The highest BCUT2D eigenvalue weighted by Crippen LogP contribution is 2.36. The van der Waals surface area contributed by atoms with Crippen LogP contribution in [0.1, 0.15) is 26.5 Å². The third kappa shape index (κ3) is 3.38. The minimum Gasteiger partial charge on any atom is -0.352 e. The first kappa shape index (κ1) is 17.5. The molecule has 0 radical (unpaired) electrons. The lowest BCUT2D eigenvalue weighted by Crippen LogP contribution is -2.32. The van der Waals surface area contributed by atoms with Gasteiger partial charge in [-0.15, -0.1) is 11.3 Å². The molecule has 1 aliphatic rings. The molecule has 27 heavy (non-hydrogen) atoms. The Morgan fingerprint density at radius 1 is 1.19 bits per heavy atom. The summed E-state index contributed by atoms with van der Waals surface area (Å²) in [6.45, 7) is 4.83. The number of nitrogens with zero attached hydrogens (tertiary/aromatic N) is 3. The zero-order chi connectivity index (χ0) is 19.1. The monoisotopic (exact) mass is 379 g/mol. The van der Waals surface area contributed by atoms with Gasteiger partial charge in [-0.3, -0.25) is 4.79 Å². The van der Waals surface area contributed by atoms with Crippen molar-refractivity contribution in [3.8, 4) is 0 Å². The van der Waals surface area contributed by atoms with E-state index in [1.165, 1.54) is 22.5 Å². The summed E-state index contributed by atoms with van der Waals surface area (Å²) in [7, 11) is 3.47. The zero-order valence-corrected chi connectivity index (χ0v) is 16.6. The Hall–Kier alpha value is -2.93. The molecule has 1 amide bonds. The predicted octanol–water partition coefficient (Wildman–Crippen LogP) is 3.82. The van der Waals surface area contributed by atoms with Gasteiger partial charge in [-0.2, -0.15) is 0 Å². The molecular formula is C20H21N5OS. The highest BCUT2D eigenvalue weighted by Gasteiger charge is 2.20. The Morgan fingerprint density at radius 3 is 2.63 bits per heavy atom. The fourth-order valence-electron chi connectivity index (χ4n) is 3.15. The van der Waals surface area contributed by atoms with Crippen molar-refractivity contribution in [3.63, 3.8) is 0 Å². The van der Waals surface area contributed by atoms with Gasteiger partial charge in [0.1, 0.15) is 0 Å². The maximum Gasteiger partial charge on any atom is 0.282 e. The molecule has 0 fully saturated rings. The van der Waals surface area contributed by atoms with Crippen molar-refractivity contribution in [1.82, 2.24) is 15.2 Å². The van der Waals surface area contributed by atoms with E-state index < -0.39 is 0 Å². The Labute approximate surface area is 161 Å². The van der Waals surface area contributed by atoms with Gasteiger partial charge in [0, 0.05) is 26.3 Å². The largest absolute Gasteiger partial charge is 0.352 e. The van der Waals surface area contributed by atoms with Gasteiger partial charge in [-0.1, -0.05) is 12.1 Å². The molecule has 6 nitrogen and oxygen atoms in total. The number of aromatic nitrogens is 1. The van der Waals surface area contributed by atoms with Crippen LogP contribution in [-0.2, 0) is 6.54 Å². The first-order valence-electron chi connectivity index (χ1n) is 8.72. The average Bonchev–Trinajstić information content (AvgIpc) is 3.04. The summed E-state index contributed by atoms with van der Waals surface area (Å²) in [5, 5.41) is 7.17. The highest BCUT2D eigenvalue weighted by molar-refractivity contribution is 7.20. The number of thiazole rings is 1. The van der Waals surface area contributed by atoms with Gasteiger partial charge in [0.05, 0.1) is 15.9 Å². The number of rotatable bonds is 2. The molecule has 0 spiro atoms. The van der Waals surface area contributed by atoms with Crippen LogP contribution in [0.15, 0.2) is 35.3 Å². The minimum atomic E-state index is -0.0866. The van der Waals surface area contributed by atoms with Crippen LogP contribution in [-0.4, -0.2) is 35.8 Å². The summed E-state index contributed by atoms with van der Waals surface area (Å²) in [6, 6.07) is 10.3. The molecule has 0 atom stereocenters. The number of nitrogens with one attached hydrogen (secondary N) is 2. The lowest BCUT2D eigenvalue weighted by Gasteiger charge is -2.19. The van der Waals surface area contributed by atoms with Crippen molar-refractivity contribution in [1.29, 1.82) is 0 Å². The Bertz CT molecular complexity index is 1060. The summed E-state index contributed by atoms with van der Waals surface area (Å²) in [5.41, 5.74) is 6.19. The molecule has 0 bridgehead atoms. The van der Waals surface area contributed by atoms with Crippen molar-refractivity contribution in [2.45, 2.75) is 20.4 Å². The third-order valence-electron chi connectivity index (χ3n) is 4.36. The zero-order valence-electron chi connectivity index (χ0n) is 15.8. The van der Waals surface area contributed by atoms with E-state index in [0.717, 1.165) is 27.2 Å². The molecule has 0 aliphatic carbocycles. The second-order valence-electron chi connectivity index (χ2n) is 6.96. The third-order valence-corrected chi connectivity index (χ3v) is 5.42. The molecule has 3 aromatic rings. The summed E-state index contributed by atoms with van der Waals surface area (Å²) in [5.74, 6) is 0.616. The number of hydrogen-bond acceptors (Lipinski definition) is 6. The number of benzene rings is 2.